The highest BCUT2D eigenvalue weighted by Gasteiger charge is 2.10. The van der Waals surface area contributed by atoms with Crippen LogP contribution in [0.3, 0.4) is 0 Å². The Balaban J connectivity index is 2.44. The monoisotopic (exact) mass is 298 g/mol. The molecule has 0 aliphatic heterocycles. The van der Waals surface area contributed by atoms with Crippen LogP contribution in [0.25, 0.3) is 11.1 Å². The summed E-state index contributed by atoms with van der Waals surface area (Å²) in [5.41, 5.74) is 8.78. The van der Waals surface area contributed by atoms with Gasteiger partial charge in [-0.2, -0.15) is 0 Å². The van der Waals surface area contributed by atoms with E-state index in [0.29, 0.717) is 18.7 Å². The average molecular weight is 298 g/mol. The Morgan fingerprint density at radius 3 is 2.32 bits per heavy atom. The first kappa shape index (κ1) is 15.7. The van der Waals surface area contributed by atoms with Gasteiger partial charge in [-0.05, 0) is 34.9 Å². The lowest BCUT2D eigenvalue weighted by Crippen LogP contribution is -2.10. The number of carbonyl (C=O) groups excluding carboxylic acids is 1. The summed E-state index contributed by atoms with van der Waals surface area (Å²) in [6.07, 6.45) is 0.331. The molecular formula is C17H18N2O3. The van der Waals surface area contributed by atoms with E-state index in [9.17, 15) is 14.7 Å². The van der Waals surface area contributed by atoms with Crippen LogP contribution < -0.4 is 11.1 Å². The number of nitrogens with one attached hydrogen (secondary N) is 1. The van der Waals surface area contributed by atoms with Crippen LogP contribution in [0.4, 0.5) is 5.69 Å². The molecule has 0 saturated heterocycles. The third-order valence-corrected chi connectivity index (χ3v) is 3.31. The molecule has 2 aromatic rings. The minimum Gasteiger partial charge on any atom is -0.478 e. The average Bonchev–Trinajstić information content (AvgIpc) is 2.54. The number of hydrogen-bond donors (Lipinski definition) is 3. The van der Waals surface area contributed by atoms with Crippen LogP contribution in [0.1, 0.15) is 29.3 Å². The molecule has 0 aliphatic carbocycles. The summed E-state index contributed by atoms with van der Waals surface area (Å²) in [6, 6.07) is 12.4. The number of carboxylic acids is 1. The lowest BCUT2D eigenvalue weighted by atomic mass is 10.0. The van der Waals surface area contributed by atoms with Gasteiger partial charge in [0.05, 0.1) is 5.56 Å². The molecule has 0 unspecified atom stereocenters. The van der Waals surface area contributed by atoms with Crippen molar-refractivity contribution in [2.75, 3.05) is 5.32 Å². The van der Waals surface area contributed by atoms with Crippen molar-refractivity contribution in [3.63, 3.8) is 0 Å². The van der Waals surface area contributed by atoms with E-state index in [1.165, 1.54) is 6.07 Å². The van der Waals surface area contributed by atoms with Crippen LogP contribution in [-0.2, 0) is 11.3 Å². The molecule has 5 heteroatoms. The zero-order valence-electron chi connectivity index (χ0n) is 12.3. The van der Waals surface area contributed by atoms with Gasteiger partial charge in [0.1, 0.15) is 0 Å². The molecule has 0 bridgehead atoms. The fourth-order valence-electron chi connectivity index (χ4n) is 2.07. The molecule has 0 fully saturated rings. The molecule has 0 heterocycles. The van der Waals surface area contributed by atoms with E-state index in [2.05, 4.69) is 5.32 Å². The van der Waals surface area contributed by atoms with Crippen LogP contribution in [0.2, 0.25) is 0 Å². The zero-order chi connectivity index (χ0) is 16.1. The van der Waals surface area contributed by atoms with Crippen LogP contribution in [0.15, 0.2) is 42.5 Å². The number of nitrogens with two attached hydrogens (primary N) is 1. The van der Waals surface area contributed by atoms with Crippen LogP contribution >= 0.6 is 0 Å². The Morgan fingerprint density at radius 2 is 1.77 bits per heavy atom. The van der Waals surface area contributed by atoms with Gasteiger partial charge in [0.25, 0.3) is 0 Å². The van der Waals surface area contributed by atoms with Crippen molar-refractivity contribution < 1.29 is 14.7 Å². The number of carboxylic acid groups (broad SMARTS) is 1. The fraction of sp³-hybridized carbons (Fsp3) is 0.176. The molecule has 5 nitrogen and oxygen atoms in total. The second kappa shape index (κ2) is 6.87. The smallest absolute Gasteiger partial charge is 0.335 e. The fourth-order valence-corrected chi connectivity index (χ4v) is 2.07. The molecular weight excluding hydrogens is 280 g/mol. The predicted molar refractivity (Wildman–Crippen MR) is 85.6 cm³/mol. The van der Waals surface area contributed by atoms with E-state index in [1.54, 1.807) is 19.1 Å². The number of anilines is 1. The molecule has 114 valence electrons. The zero-order valence-corrected chi connectivity index (χ0v) is 12.3. The molecule has 0 saturated carbocycles. The van der Waals surface area contributed by atoms with Crippen LogP contribution in [0, 0.1) is 0 Å². The Kier molecular flexibility index (Phi) is 4.91. The molecule has 0 aromatic heterocycles. The molecule has 0 spiro atoms. The van der Waals surface area contributed by atoms with Crippen molar-refractivity contribution in [3.8, 4) is 11.1 Å². The normalized spacial score (nSPS) is 10.3. The summed E-state index contributed by atoms with van der Waals surface area (Å²) in [6.45, 7) is 2.19. The van der Waals surface area contributed by atoms with E-state index in [1.807, 2.05) is 24.3 Å². The van der Waals surface area contributed by atoms with Gasteiger partial charge in [0.15, 0.2) is 0 Å². The molecule has 1 amide bonds. The summed E-state index contributed by atoms with van der Waals surface area (Å²) < 4.78 is 0. The van der Waals surface area contributed by atoms with E-state index in [4.69, 9.17) is 5.73 Å². The maximum atomic E-state index is 11.5. The predicted octanol–water partition coefficient (Wildman–Crippen LogP) is 2.86. The highest BCUT2D eigenvalue weighted by molar-refractivity contribution is 5.95. The van der Waals surface area contributed by atoms with Crippen molar-refractivity contribution in [3.05, 3.63) is 53.6 Å². The van der Waals surface area contributed by atoms with E-state index < -0.39 is 5.97 Å². The Bertz CT molecular complexity index is 694. The van der Waals surface area contributed by atoms with E-state index >= 15 is 0 Å². The van der Waals surface area contributed by atoms with Gasteiger partial charge >= 0.3 is 5.97 Å². The van der Waals surface area contributed by atoms with Crippen molar-refractivity contribution in [1.29, 1.82) is 0 Å². The maximum Gasteiger partial charge on any atom is 0.335 e. The Hall–Kier alpha value is -2.66. The summed E-state index contributed by atoms with van der Waals surface area (Å²) in [5, 5.41) is 11.9. The Labute approximate surface area is 128 Å². The standard InChI is InChI=1S/C17H18N2O3/c1-2-16(20)19-15-8-13(7-14(9-15)17(21)22)12-5-3-11(10-18)4-6-12/h3-9H,2,10,18H2,1H3,(H,19,20)(H,21,22). The largest absolute Gasteiger partial charge is 0.478 e. The Morgan fingerprint density at radius 1 is 1.09 bits per heavy atom. The molecule has 4 N–H and O–H groups in total. The summed E-state index contributed by atoms with van der Waals surface area (Å²) in [7, 11) is 0. The lowest BCUT2D eigenvalue weighted by molar-refractivity contribution is -0.115. The second-order valence-electron chi connectivity index (χ2n) is 4.91. The minimum absolute atomic E-state index is 0.131. The third-order valence-electron chi connectivity index (χ3n) is 3.31. The molecule has 2 rings (SSSR count). The van der Waals surface area contributed by atoms with Crippen molar-refractivity contribution in [2.24, 2.45) is 5.73 Å². The number of carbonyl (C=O) groups is 2. The van der Waals surface area contributed by atoms with Gasteiger partial charge in [0.2, 0.25) is 5.91 Å². The number of rotatable bonds is 5. The number of aromatic carboxylic acids is 1. The quantitative estimate of drug-likeness (QED) is 0.791. The van der Waals surface area contributed by atoms with Gasteiger partial charge in [-0.1, -0.05) is 31.2 Å². The molecule has 0 atom stereocenters. The first-order valence-electron chi connectivity index (χ1n) is 7.01. The number of hydrogen-bond acceptors (Lipinski definition) is 3. The number of benzene rings is 2. The third kappa shape index (κ3) is 3.71. The number of amides is 1. The molecule has 0 aliphatic rings. The van der Waals surface area contributed by atoms with Crippen molar-refractivity contribution >= 4 is 17.6 Å². The lowest BCUT2D eigenvalue weighted by Gasteiger charge is -2.10. The van der Waals surface area contributed by atoms with Gasteiger partial charge in [-0.25, -0.2) is 4.79 Å². The van der Waals surface area contributed by atoms with Gasteiger partial charge in [-0.15, -0.1) is 0 Å². The second-order valence-corrected chi connectivity index (χ2v) is 4.91. The first-order chi connectivity index (χ1) is 10.5. The van der Waals surface area contributed by atoms with E-state index in [-0.39, 0.29) is 11.5 Å². The summed E-state index contributed by atoms with van der Waals surface area (Å²) >= 11 is 0. The maximum absolute atomic E-state index is 11.5. The van der Waals surface area contributed by atoms with Crippen LogP contribution in [-0.4, -0.2) is 17.0 Å². The highest BCUT2D eigenvalue weighted by atomic mass is 16.4. The first-order valence-corrected chi connectivity index (χ1v) is 7.01. The van der Waals surface area contributed by atoms with Gasteiger partial charge < -0.3 is 16.2 Å². The summed E-state index contributed by atoms with van der Waals surface area (Å²) in [5.74, 6) is -1.20. The molecule has 2 aromatic carbocycles. The van der Waals surface area contributed by atoms with Crippen molar-refractivity contribution in [2.45, 2.75) is 19.9 Å². The SMILES string of the molecule is CCC(=O)Nc1cc(C(=O)O)cc(-c2ccc(CN)cc2)c1. The molecule has 22 heavy (non-hydrogen) atoms. The summed E-state index contributed by atoms with van der Waals surface area (Å²) in [4.78, 5) is 22.8. The molecule has 0 radical (unpaired) electrons. The van der Waals surface area contributed by atoms with Crippen LogP contribution in [0.5, 0.6) is 0 Å². The topological polar surface area (TPSA) is 92.4 Å². The van der Waals surface area contributed by atoms with Gasteiger partial charge in [-0.3, -0.25) is 4.79 Å². The highest BCUT2D eigenvalue weighted by Crippen LogP contribution is 2.25. The van der Waals surface area contributed by atoms with Crippen molar-refractivity contribution in [1.82, 2.24) is 0 Å². The van der Waals surface area contributed by atoms with E-state index in [0.717, 1.165) is 16.7 Å². The van der Waals surface area contributed by atoms with Gasteiger partial charge in [0, 0.05) is 18.7 Å². The minimum atomic E-state index is -1.03.